The van der Waals surface area contributed by atoms with Crippen LogP contribution in [-0.2, 0) is 0 Å². The predicted molar refractivity (Wildman–Crippen MR) is 97.6 cm³/mol. The first-order valence-corrected chi connectivity index (χ1v) is 8.46. The number of aliphatic hydroxyl groups excluding tert-OH is 1. The van der Waals surface area contributed by atoms with E-state index in [9.17, 15) is 9.50 Å². The molecule has 1 aliphatic heterocycles. The van der Waals surface area contributed by atoms with E-state index < -0.39 is 6.10 Å². The quantitative estimate of drug-likeness (QED) is 0.712. The van der Waals surface area contributed by atoms with Crippen LogP contribution in [0.4, 0.5) is 4.39 Å². The molecular formula is C21H19FN2O. The lowest BCUT2D eigenvalue weighted by Crippen LogP contribution is -2.36. The normalized spacial score (nSPS) is 18.4. The Morgan fingerprint density at radius 1 is 1.12 bits per heavy atom. The smallest absolute Gasteiger partial charge is 0.123 e. The van der Waals surface area contributed by atoms with Gasteiger partial charge in [0.25, 0.3) is 0 Å². The van der Waals surface area contributed by atoms with Crippen LogP contribution in [0, 0.1) is 5.82 Å². The van der Waals surface area contributed by atoms with Crippen molar-refractivity contribution in [1.82, 2.24) is 10.3 Å². The molecule has 4 rings (SSSR count). The SMILES string of the molecule is O[C@H](c1cc(-c2ccc(F)cc2)nc2ccccc12)[C@H]1C=CCCN1. The van der Waals surface area contributed by atoms with Crippen LogP contribution in [0.3, 0.4) is 0 Å². The number of hydrogen-bond donors (Lipinski definition) is 2. The fraction of sp³-hybridized carbons (Fsp3) is 0.190. The van der Waals surface area contributed by atoms with E-state index in [0.29, 0.717) is 0 Å². The molecule has 0 unspecified atom stereocenters. The van der Waals surface area contributed by atoms with Gasteiger partial charge in [-0.05, 0) is 54.9 Å². The number of fused-ring (bicyclic) bond motifs is 1. The lowest BCUT2D eigenvalue weighted by Gasteiger charge is -2.25. The predicted octanol–water partition coefficient (Wildman–Crippen LogP) is 3.99. The number of aromatic nitrogens is 1. The monoisotopic (exact) mass is 334 g/mol. The second kappa shape index (κ2) is 6.75. The number of hydrogen-bond acceptors (Lipinski definition) is 3. The number of aliphatic hydroxyl groups is 1. The van der Waals surface area contributed by atoms with Crippen molar-refractivity contribution in [3.8, 4) is 11.3 Å². The minimum Gasteiger partial charge on any atom is -0.386 e. The molecule has 2 atom stereocenters. The third-order valence-electron chi connectivity index (χ3n) is 4.58. The molecule has 0 bridgehead atoms. The zero-order valence-electron chi connectivity index (χ0n) is 13.7. The summed E-state index contributed by atoms with van der Waals surface area (Å²) in [5.74, 6) is -0.277. The molecule has 0 spiro atoms. The van der Waals surface area contributed by atoms with Crippen LogP contribution in [0.15, 0.2) is 66.7 Å². The van der Waals surface area contributed by atoms with E-state index in [-0.39, 0.29) is 11.9 Å². The van der Waals surface area contributed by atoms with Crippen molar-refractivity contribution in [3.63, 3.8) is 0 Å². The minimum absolute atomic E-state index is 0.124. The molecule has 1 aliphatic rings. The fourth-order valence-electron chi connectivity index (χ4n) is 3.27. The molecule has 2 N–H and O–H groups in total. The highest BCUT2D eigenvalue weighted by atomic mass is 19.1. The van der Waals surface area contributed by atoms with Gasteiger partial charge in [0.15, 0.2) is 0 Å². The molecule has 126 valence electrons. The molecule has 25 heavy (non-hydrogen) atoms. The van der Waals surface area contributed by atoms with Crippen molar-refractivity contribution < 1.29 is 9.50 Å². The average molecular weight is 334 g/mol. The Balaban J connectivity index is 1.85. The van der Waals surface area contributed by atoms with E-state index in [4.69, 9.17) is 4.98 Å². The van der Waals surface area contributed by atoms with Crippen LogP contribution in [0.1, 0.15) is 18.1 Å². The standard InChI is InChI=1S/C21H19FN2O/c22-15-10-8-14(9-11-15)20-13-17(16-5-1-2-6-18(16)24-20)21(25)19-7-3-4-12-23-19/h1-3,5-11,13,19,21,23,25H,4,12H2/t19-,21-/m1/s1. The number of nitrogens with one attached hydrogen (secondary N) is 1. The Morgan fingerprint density at radius 2 is 1.92 bits per heavy atom. The number of pyridine rings is 1. The van der Waals surface area contributed by atoms with Crippen molar-refractivity contribution in [3.05, 3.63) is 78.1 Å². The summed E-state index contributed by atoms with van der Waals surface area (Å²) in [7, 11) is 0. The molecule has 0 radical (unpaired) electrons. The van der Waals surface area contributed by atoms with Crippen molar-refractivity contribution in [1.29, 1.82) is 0 Å². The van der Waals surface area contributed by atoms with Crippen molar-refractivity contribution >= 4 is 10.9 Å². The van der Waals surface area contributed by atoms with E-state index >= 15 is 0 Å². The lowest BCUT2D eigenvalue weighted by atomic mass is 9.95. The zero-order chi connectivity index (χ0) is 17.2. The largest absolute Gasteiger partial charge is 0.386 e. The molecule has 0 fully saturated rings. The maximum atomic E-state index is 13.2. The molecule has 3 nitrogen and oxygen atoms in total. The average Bonchev–Trinajstić information content (AvgIpc) is 2.68. The maximum Gasteiger partial charge on any atom is 0.123 e. The minimum atomic E-state index is -0.677. The highest BCUT2D eigenvalue weighted by Crippen LogP contribution is 2.31. The van der Waals surface area contributed by atoms with E-state index in [2.05, 4.69) is 11.4 Å². The van der Waals surface area contributed by atoms with Gasteiger partial charge in [-0.15, -0.1) is 0 Å². The van der Waals surface area contributed by atoms with Crippen molar-refractivity contribution in [2.24, 2.45) is 0 Å². The Kier molecular flexibility index (Phi) is 4.30. The van der Waals surface area contributed by atoms with Crippen LogP contribution in [0.2, 0.25) is 0 Å². The summed E-state index contributed by atoms with van der Waals surface area (Å²) in [4.78, 5) is 4.69. The van der Waals surface area contributed by atoms with Gasteiger partial charge in [-0.25, -0.2) is 9.37 Å². The Bertz CT molecular complexity index is 921. The number of halogens is 1. The summed E-state index contributed by atoms with van der Waals surface area (Å²) in [6.07, 6.45) is 4.40. The van der Waals surface area contributed by atoms with Gasteiger partial charge in [0.1, 0.15) is 5.82 Å². The van der Waals surface area contributed by atoms with E-state index in [1.807, 2.05) is 36.4 Å². The van der Waals surface area contributed by atoms with Gasteiger partial charge in [0.05, 0.1) is 23.4 Å². The summed E-state index contributed by atoms with van der Waals surface area (Å²) in [5, 5.41) is 15.2. The number of rotatable bonds is 3. The third-order valence-corrected chi connectivity index (χ3v) is 4.58. The molecule has 2 heterocycles. The summed E-state index contributed by atoms with van der Waals surface area (Å²) in [6.45, 7) is 0.853. The Morgan fingerprint density at radius 3 is 2.68 bits per heavy atom. The Hall–Kier alpha value is -2.56. The molecule has 0 saturated carbocycles. The summed E-state index contributed by atoms with van der Waals surface area (Å²) < 4.78 is 13.2. The van der Waals surface area contributed by atoms with Gasteiger partial charge in [-0.3, -0.25) is 0 Å². The highest BCUT2D eigenvalue weighted by Gasteiger charge is 2.22. The van der Waals surface area contributed by atoms with Crippen LogP contribution >= 0.6 is 0 Å². The molecule has 3 aromatic rings. The first-order valence-electron chi connectivity index (χ1n) is 8.46. The molecule has 4 heteroatoms. The van der Waals surface area contributed by atoms with Crippen molar-refractivity contribution in [2.45, 2.75) is 18.6 Å². The second-order valence-electron chi connectivity index (χ2n) is 6.26. The van der Waals surface area contributed by atoms with E-state index in [1.165, 1.54) is 12.1 Å². The maximum absolute atomic E-state index is 13.2. The molecular weight excluding hydrogens is 315 g/mol. The van der Waals surface area contributed by atoms with Crippen molar-refractivity contribution in [2.75, 3.05) is 6.54 Å². The molecule has 0 aliphatic carbocycles. The summed E-state index contributed by atoms with van der Waals surface area (Å²) in [5.41, 5.74) is 3.20. The van der Waals surface area contributed by atoms with Gasteiger partial charge < -0.3 is 10.4 Å². The second-order valence-corrected chi connectivity index (χ2v) is 6.26. The molecule has 0 saturated heterocycles. The fourth-order valence-corrected chi connectivity index (χ4v) is 3.27. The molecule has 1 aromatic heterocycles. The van der Waals surface area contributed by atoms with Crippen LogP contribution in [-0.4, -0.2) is 22.7 Å². The third kappa shape index (κ3) is 3.18. The summed E-state index contributed by atoms with van der Waals surface area (Å²) >= 11 is 0. The van der Waals surface area contributed by atoms with Crippen LogP contribution in [0.5, 0.6) is 0 Å². The molecule has 2 aromatic carbocycles. The number of para-hydroxylation sites is 1. The van der Waals surface area contributed by atoms with E-state index in [0.717, 1.165) is 40.7 Å². The van der Waals surface area contributed by atoms with E-state index in [1.54, 1.807) is 12.1 Å². The molecule has 0 amide bonds. The Labute approximate surface area is 145 Å². The van der Waals surface area contributed by atoms with Gasteiger partial charge in [0.2, 0.25) is 0 Å². The zero-order valence-corrected chi connectivity index (χ0v) is 13.7. The highest BCUT2D eigenvalue weighted by molar-refractivity contribution is 5.85. The lowest BCUT2D eigenvalue weighted by molar-refractivity contribution is 0.147. The number of nitrogens with zero attached hydrogens (tertiary/aromatic N) is 1. The van der Waals surface area contributed by atoms with Gasteiger partial charge >= 0.3 is 0 Å². The van der Waals surface area contributed by atoms with Gasteiger partial charge in [0, 0.05) is 10.9 Å². The first kappa shape index (κ1) is 15.9. The topological polar surface area (TPSA) is 45.2 Å². The van der Waals surface area contributed by atoms with Gasteiger partial charge in [-0.2, -0.15) is 0 Å². The van der Waals surface area contributed by atoms with Crippen LogP contribution in [0.25, 0.3) is 22.2 Å². The van der Waals surface area contributed by atoms with Gasteiger partial charge in [-0.1, -0.05) is 30.4 Å². The first-order chi connectivity index (χ1) is 12.2. The number of benzene rings is 2. The summed E-state index contributed by atoms with van der Waals surface area (Å²) in [6, 6.07) is 15.8. The van der Waals surface area contributed by atoms with Crippen LogP contribution < -0.4 is 5.32 Å².